The highest BCUT2D eigenvalue weighted by Gasteiger charge is 2.50. The molecule has 58 heavy (non-hydrogen) atoms. The van der Waals surface area contributed by atoms with Crippen LogP contribution < -0.4 is 0 Å². The SMILES string of the molecule is c1ccc(-c2nc(-c3ccccc3)nc(-c3cccc(-c4nc5ccccc5c5ccc6c(c45)-c4ccccc4C64c5ccccc5Sc5ccccc54)c3)n2)cc1. The van der Waals surface area contributed by atoms with Gasteiger partial charge in [-0.3, -0.25) is 0 Å². The van der Waals surface area contributed by atoms with Gasteiger partial charge in [-0.2, -0.15) is 0 Å². The molecule has 12 rings (SSSR count). The maximum atomic E-state index is 5.55. The predicted octanol–water partition coefficient (Wildman–Crippen LogP) is 13.1. The highest BCUT2D eigenvalue weighted by atomic mass is 32.2. The Bertz CT molecular complexity index is 3170. The van der Waals surface area contributed by atoms with Crippen LogP contribution in [0.25, 0.3) is 78.2 Å². The zero-order valence-corrected chi connectivity index (χ0v) is 32.0. The largest absolute Gasteiger partial charge is 0.247 e. The fraction of sp³-hybridized carbons (Fsp3) is 0.0189. The van der Waals surface area contributed by atoms with Gasteiger partial charge in [0.05, 0.1) is 16.6 Å². The summed E-state index contributed by atoms with van der Waals surface area (Å²) in [6.07, 6.45) is 0. The lowest BCUT2D eigenvalue weighted by molar-refractivity contribution is 0.723. The van der Waals surface area contributed by atoms with E-state index >= 15 is 0 Å². The molecule has 0 N–H and O–H groups in total. The van der Waals surface area contributed by atoms with Crippen LogP contribution in [0, 0.1) is 0 Å². The number of hydrogen-bond acceptors (Lipinski definition) is 5. The molecule has 270 valence electrons. The number of nitrogens with zero attached hydrogens (tertiary/aromatic N) is 4. The van der Waals surface area contributed by atoms with Crippen LogP contribution >= 0.6 is 11.8 Å². The van der Waals surface area contributed by atoms with E-state index in [-0.39, 0.29) is 0 Å². The van der Waals surface area contributed by atoms with Crippen LogP contribution in [0.1, 0.15) is 22.3 Å². The summed E-state index contributed by atoms with van der Waals surface area (Å²) in [4.78, 5) is 23.3. The Labute approximate surface area is 340 Å². The van der Waals surface area contributed by atoms with E-state index in [1.807, 2.05) is 72.4 Å². The number of hydrogen-bond donors (Lipinski definition) is 0. The Kier molecular flexibility index (Phi) is 7.34. The number of benzene rings is 8. The maximum absolute atomic E-state index is 5.55. The number of fused-ring (bicyclic) bond motifs is 13. The van der Waals surface area contributed by atoms with Crippen molar-refractivity contribution >= 4 is 33.4 Å². The average molecular weight is 757 g/mol. The van der Waals surface area contributed by atoms with Crippen molar-refractivity contribution in [3.05, 3.63) is 216 Å². The monoisotopic (exact) mass is 756 g/mol. The second-order valence-electron chi connectivity index (χ2n) is 14.9. The molecule has 1 spiro atoms. The maximum Gasteiger partial charge on any atom is 0.164 e. The number of aromatic nitrogens is 4. The summed E-state index contributed by atoms with van der Waals surface area (Å²) in [7, 11) is 0. The van der Waals surface area contributed by atoms with E-state index in [1.165, 1.54) is 48.6 Å². The summed E-state index contributed by atoms with van der Waals surface area (Å²) in [5.41, 5.74) is 12.9. The van der Waals surface area contributed by atoms with Crippen molar-refractivity contribution in [1.29, 1.82) is 0 Å². The third kappa shape index (κ3) is 4.84. The summed E-state index contributed by atoms with van der Waals surface area (Å²) in [5, 5.41) is 3.47. The Morgan fingerprint density at radius 1 is 0.362 bits per heavy atom. The lowest BCUT2D eigenvalue weighted by Crippen LogP contribution is -2.31. The smallest absolute Gasteiger partial charge is 0.164 e. The highest BCUT2D eigenvalue weighted by molar-refractivity contribution is 7.99. The van der Waals surface area contributed by atoms with E-state index in [1.54, 1.807) is 0 Å². The van der Waals surface area contributed by atoms with E-state index in [9.17, 15) is 0 Å². The van der Waals surface area contributed by atoms with Gasteiger partial charge in [0, 0.05) is 42.8 Å². The second kappa shape index (κ2) is 12.9. The molecule has 4 nitrogen and oxygen atoms in total. The summed E-state index contributed by atoms with van der Waals surface area (Å²) >= 11 is 1.87. The first-order chi connectivity index (χ1) is 28.8. The van der Waals surface area contributed by atoms with Gasteiger partial charge in [-0.1, -0.05) is 182 Å². The minimum absolute atomic E-state index is 0.490. The fourth-order valence-corrected chi connectivity index (χ4v) is 10.5. The molecule has 1 aliphatic heterocycles. The van der Waals surface area contributed by atoms with E-state index in [0.717, 1.165) is 44.2 Å². The number of rotatable bonds is 4. The molecule has 3 heterocycles. The zero-order valence-electron chi connectivity index (χ0n) is 31.2. The van der Waals surface area contributed by atoms with Crippen LogP contribution in [0.2, 0.25) is 0 Å². The molecule has 1 aliphatic carbocycles. The van der Waals surface area contributed by atoms with Crippen LogP contribution in [-0.2, 0) is 5.41 Å². The Balaban J connectivity index is 1.15. The van der Waals surface area contributed by atoms with Crippen molar-refractivity contribution in [1.82, 2.24) is 19.9 Å². The van der Waals surface area contributed by atoms with Crippen molar-refractivity contribution in [3.63, 3.8) is 0 Å². The van der Waals surface area contributed by atoms with Crippen LogP contribution in [0.4, 0.5) is 0 Å². The summed E-state index contributed by atoms with van der Waals surface area (Å²) < 4.78 is 0. The summed E-state index contributed by atoms with van der Waals surface area (Å²) in [6.45, 7) is 0. The molecule has 10 aromatic rings. The second-order valence-corrected chi connectivity index (χ2v) is 16.0. The first-order valence-corrected chi connectivity index (χ1v) is 20.4. The molecule has 0 atom stereocenters. The van der Waals surface area contributed by atoms with Crippen LogP contribution in [0.15, 0.2) is 204 Å². The third-order valence-electron chi connectivity index (χ3n) is 11.8. The highest BCUT2D eigenvalue weighted by Crippen LogP contribution is 2.63. The topological polar surface area (TPSA) is 51.6 Å². The van der Waals surface area contributed by atoms with Gasteiger partial charge < -0.3 is 0 Å². The molecule has 5 heteroatoms. The lowest BCUT2D eigenvalue weighted by Gasteiger charge is -2.39. The fourth-order valence-electron chi connectivity index (χ4n) is 9.34. The first-order valence-electron chi connectivity index (χ1n) is 19.6. The minimum atomic E-state index is -0.490. The molecule has 8 aromatic carbocycles. The van der Waals surface area contributed by atoms with Crippen molar-refractivity contribution in [3.8, 4) is 56.5 Å². The Morgan fingerprint density at radius 2 is 0.897 bits per heavy atom. The quantitative estimate of drug-likeness (QED) is 0.167. The zero-order chi connectivity index (χ0) is 38.2. The van der Waals surface area contributed by atoms with Gasteiger partial charge in [0.25, 0.3) is 0 Å². The van der Waals surface area contributed by atoms with Crippen LogP contribution in [-0.4, -0.2) is 19.9 Å². The van der Waals surface area contributed by atoms with Crippen LogP contribution in [0.5, 0.6) is 0 Å². The Morgan fingerprint density at radius 3 is 1.59 bits per heavy atom. The number of pyridine rings is 1. The molecule has 0 unspecified atom stereocenters. The van der Waals surface area contributed by atoms with Crippen molar-refractivity contribution in [2.45, 2.75) is 15.2 Å². The van der Waals surface area contributed by atoms with Gasteiger partial charge in [-0.25, -0.2) is 19.9 Å². The summed E-state index contributed by atoms with van der Waals surface area (Å²) in [6, 6.07) is 69.1. The van der Waals surface area contributed by atoms with Gasteiger partial charge in [-0.05, 0) is 63.0 Å². The molecule has 0 amide bonds. The van der Waals surface area contributed by atoms with E-state index in [4.69, 9.17) is 19.9 Å². The number of para-hydroxylation sites is 1. The molecule has 0 radical (unpaired) electrons. The van der Waals surface area contributed by atoms with Crippen molar-refractivity contribution in [2.75, 3.05) is 0 Å². The normalized spacial score (nSPS) is 13.2. The van der Waals surface area contributed by atoms with Crippen molar-refractivity contribution < 1.29 is 0 Å². The molecular formula is C53H32N4S. The standard InChI is InChI=1S/C53H32N4S/c1-3-16-33(17-4-1)50-55-51(34-18-5-2-6-19-34)57-52(56-50)36-21-15-20-35(32-36)49-48-38(37-22-8-12-27-44(37)54-49)30-31-43-47(48)39-23-7-9-24-40(39)53(43)41-25-10-13-28-45(41)58-46-29-14-11-26-42(46)53/h1-32H. The molecular weight excluding hydrogens is 725 g/mol. The van der Waals surface area contributed by atoms with Gasteiger partial charge in [0.2, 0.25) is 0 Å². The first kappa shape index (κ1) is 33.0. The summed E-state index contributed by atoms with van der Waals surface area (Å²) in [5.74, 6) is 1.88. The van der Waals surface area contributed by atoms with Gasteiger partial charge in [-0.15, -0.1) is 0 Å². The lowest BCUT2D eigenvalue weighted by atomic mass is 9.67. The van der Waals surface area contributed by atoms with Gasteiger partial charge in [0.1, 0.15) is 0 Å². The minimum Gasteiger partial charge on any atom is -0.247 e. The molecule has 0 bridgehead atoms. The van der Waals surface area contributed by atoms with Gasteiger partial charge in [0.15, 0.2) is 17.5 Å². The van der Waals surface area contributed by atoms with E-state index < -0.39 is 5.41 Å². The predicted molar refractivity (Wildman–Crippen MR) is 236 cm³/mol. The van der Waals surface area contributed by atoms with Crippen LogP contribution in [0.3, 0.4) is 0 Å². The third-order valence-corrected chi connectivity index (χ3v) is 12.9. The molecule has 0 saturated heterocycles. The van der Waals surface area contributed by atoms with E-state index in [2.05, 4.69) is 133 Å². The molecule has 2 aromatic heterocycles. The van der Waals surface area contributed by atoms with Gasteiger partial charge >= 0.3 is 0 Å². The Hall–Kier alpha value is -7.21. The molecule has 2 aliphatic rings. The average Bonchev–Trinajstić information content (AvgIpc) is 3.60. The van der Waals surface area contributed by atoms with Crippen molar-refractivity contribution in [2.24, 2.45) is 0 Å². The van der Waals surface area contributed by atoms with E-state index in [0.29, 0.717) is 17.5 Å². The molecule has 0 fully saturated rings. The molecule has 0 saturated carbocycles.